The van der Waals surface area contributed by atoms with E-state index in [0.717, 1.165) is 4.90 Å². The highest BCUT2D eigenvalue weighted by Gasteiger charge is 2.16. The minimum atomic E-state index is -0.492. The number of nitrogens with two attached hydrogens (primary N) is 1. The van der Waals surface area contributed by atoms with Gasteiger partial charge in [0.1, 0.15) is 11.4 Å². The summed E-state index contributed by atoms with van der Waals surface area (Å²) in [5.41, 5.74) is 6.85. The van der Waals surface area contributed by atoms with Gasteiger partial charge >= 0.3 is 0 Å². The third kappa shape index (κ3) is 7.25. The second-order valence-corrected chi connectivity index (χ2v) is 8.13. The first-order valence-electron chi connectivity index (χ1n) is 10.6. The fraction of sp³-hybridized carbons (Fsp3) is 0.115. The molecule has 0 aliphatic carbocycles. The first-order chi connectivity index (χ1) is 16.5. The van der Waals surface area contributed by atoms with E-state index in [9.17, 15) is 14.4 Å². The topological polar surface area (TPSA) is 111 Å². The number of para-hydroxylation sites is 1. The van der Waals surface area contributed by atoms with Crippen molar-refractivity contribution in [1.29, 1.82) is 0 Å². The van der Waals surface area contributed by atoms with Crippen molar-refractivity contribution >= 4 is 41.2 Å². The number of nitrogens with one attached hydrogen (secondary N) is 2. The Kier molecular flexibility index (Phi) is 8.88. The lowest BCUT2D eigenvalue weighted by molar-refractivity contribution is -0.115. The summed E-state index contributed by atoms with van der Waals surface area (Å²) in [4.78, 5) is 37.7. The molecule has 0 unspecified atom stereocenters. The maximum atomic E-state index is 13.2. The SMILES string of the molecule is CCOc1ccccc1/C=C(\NC(=O)c1ccccc1)C(=O)Nc1ccc(SCC(N)=O)cc1. The molecule has 7 nitrogen and oxygen atoms in total. The summed E-state index contributed by atoms with van der Waals surface area (Å²) < 4.78 is 5.65. The standard InChI is InChI=1S/C26H25N3O4S/c1-2-33-23-11-7-6-10-19(23)16-22(29-25(31)18-8-4-3-5-9-18)26(32)28-20-12-14-21(15-13-20)34-17-24(27)30/h3-16H,2,17H2,1H3,(H2,27,30)(H,28,32)(H,29,31)/b22-16-. The first-order valence-corrected chi connectivity index (χ1v) is 11.6. The number of carbonyl (C=O) groups is 3. The number of rotatable bonds is 10. The van der Waals surface area contributed by atoms with Gasteiger partial charge in [-0.1, -0.05) is 36.4 Å². The van der Waals surface area contributed by atoms with E-state index in [0.29, 0.717) is 29.2 Å². The van der Waals surface area contributed by atoms with Crippen molar-refractivity contribution in [3.63, 3.8) is 0 Å². The van der Waals surface area contributed by atoms with Crippen LogP contribution in [-0.4, -0.2) is 30.1 Å². The molecular formula is C26H25N3O4S. The number of anilines is 1. The van der Waals surface area contributed by atoms with Crippen molar-refractivity contribution in [2.24, 2.45) is 5.73 Å². The van der Waals surface area contributed by atoms with E-state index in [-0.39, 0.29) is 11.4 Å². The van der Waals surface area contributed by atoms with E-state index in [1.54, 1.807) is 66.7 Å². The molecule has 0 fully saturated rings. The van der Waals surface area contributed by atoms with Crippen LogP contribution in [0.5, 0.6) is 5.75 Å². The third-order valence-corrected chi connectivity index (χ3v) is 5.58. The van der Waals surface area contributed by atoms with Gasteiger partial charge in [-0.2, -0.15) is 0 Å². The molecule has 0 radical (unpaired) electrons. The molecule has 0 spiro atoms. The lowest BCUT2D eigenvalue weighted by Gasteiger charge is -2.13. The molecule has 4 N–H and O–H groups in total. The van der Waals surface area contributed by atoms with Gasteiger partial charge in [0.05, 0.1) is 12.4 Å². The second-order valence-electron chi connectivity index (χ2n) is 7.08. The van der Waals surface area contributed by atoms with E-state index < -0.39 is 17.7 Å². The van der Waals surface area contributed by atoms with Crippen LogP contribution < -0.4 is 21.1 Å². The van der Waals surface area contributed by atoms with Gasteiger partial charge in [-0.3, -0.25) is 14.4 Å². The molecule has 0 saturated heterocycles. The minimum Gasteiger partial charge on any atom is -0.493 e. The Morgan fingerprint density at radius 2 is 1.62 bits per heavy atom. The first kappa shape index (κ1) is 24.6. The Hall–Kier alpha value is -4.04. The molecule has 0 atom stereocenters. The zero-order valence-electron chi connectivity index (χ0n) is 18.6. The van der Waals surface area contributed by atoms with Crippen LogP contribution in [0.1, 0.15) is 22.8 Å². The van der Waals surface area contributed by atoms with E-state index >= 15 is 0 Å². The number of benzene rings is 3. The molecule has 34 heavy (non-hydrogen) atoms. The summed E-state index contributed by atoms with van der Waals surface area (Å²) in [6.07, 6.45) is 1.58. The molecule has 8 heteroatoms. The summed E-state index contributed by atoms with van der Waals surface area (Å²) in [6.45, 7) is 2.33. The van der Waals surface area contributed by atoms with Crippen molar-refractivity contribution in [2.45, 2.75) is 11.8 Å². The van der Waals surface area contributed by atoms with Crippen molar-refractivity contribution in [2.75, 3.05) is 17.7 Å². The summed E-state index contributed by atoms with van der Waals surface area (Å²) in [7, 11) is 0. The Bertz CT molecular complexity index is 1180. The Morgan fingerprint density at radius 1 is 0.941 bits per heavy atom. The van der Waals surface area contributed by atoms with Gasteiger partial charge in [-0.15, -0.1) is 11.8 Å². The molecular weight excluding hydrogens is 450 g/mol. The highest BCUT2D eigenvalue weighted by atomic mass is 32.2. The number of hydrogen-bond donors (Lipinski definition) is 3. The molecule has 174 valence electrons. The average Bonchev–Trinajstić information content (AvgIpc) is 2.85. The van der Waals surface area contributed by atoms with Gasteiger partial charge in [0.2, 0.25) is 5.91 Å². The van der Waals surface area contributed by atoms with Crippen LogP contribution >= 0.6 is 11.8 Å². The van der Waals surface area contributed by atoms with Gasteiger partial charge in [-0.05, 0) is 55.5 Å². The van der Waals surface area contributed by atoms with Crippen LogP contribution in [0.15, 0.2) is 89.5 Å². The highest BCUT2D eigenvalue weighted by molar-refractivity contribution is 8.00. The predicted octanol–water partition coefficient (Wildman–Crippen LogP) is 4.07. The summed E-state index contributed by atoms with van der Waals surface area (Å²) in [5, 5.41) is 5.51. The average molecular weight is 476 g/mol. The maximum Gasteiger partial charge on any atom is 0.272 e. The zero-order chi connectivity index (χ0) is 24.3. The van der Waals surface area contributed by atoms with Crippen LogP contribution in [0.25, 0.3) is 6.08 Å². The largest absolute Gasteiger partial charge is 0.493 e. The molecule has 0 bridgehead atoms. The summed E-state index contributed by atoms with van der Waals surface area (Å²) >= 11 is 1.31. The van der Waals surface area contributed by atoms with E-state index in [4.69, 9.17) is 10.5 Å². The number of primary amides is 1. The number of carbonyl (C=O) groups excluding carboxylic acids is 3. The predicted molar refractivity (Wildman–Crippen MR) is 134 cm³/mol. The molecule has 0 aliphatic heterocycles. The van der Waals surface area contributed by atoms with Crippen LogP contribution in [0.4, 0.5) is 5.69 Å². The molecule has 0 saturated carbocycles. The number of ether oxygens (including phenoxy) is 1. The van der Waals surface area contributed by atoms with Gasteiger partial charge in [0.15, 0.2) is 0 Å². The quantitative estimate of drug-likeness (QED) is 0.302. The molecule has 3 aromatic rings. The molecule has 0 aliphatic rings. The van der Waals surface area contributed by atoms with Gasteiger partial charge < -0.3 is 21.1 Å². The maximum absolute atomic E-state index is 13.2. The van der Waals surface area contributed by atoms with Gasteiger partial charge in [-0.25, -0.2) is 0 Å². The fourth-order valence-corrected chi connectivity index (χ4v) is 3.61. The zero-order valence-corrected chi connectivity index (χ0v) is 19.4. The fourth-order valence-electron chi connectivity index (χ4n) is 2.97. The second kappa shape index (κ2) is 12.3. The smallest absolute Gasteiger partial charge is 0.272 e. The van der Waals surface area contributed by atoms with Crippen molar-refractivity contribution < 1.29 is 19.1 Å². The van der Waals surface area contributed by atoms with Gasteiger partial charge in [0, 0.05) is 21.7 Å². The molecule has 3 amide bonds. The number of hydrogen-bond acceptors (Lipinski definition) is 5. The van der Waals surface area contributed by atoms with Crippen molar-refractivity contribution in [3.05, 3.63) is 95.7 Å². The van der Waals surface area contributed by atoms with E-state index in [2.05, 4.69) is 10.6 Å². The third-order valence-electron chi connectivity index (χ3n) is 4.54. The van der Waals surface area contributed by atoms with Gasteiger partial charge in [0.25, 0.3) is 11.8 Å². The van der Waals surface area contributed by atoms with Crippen LogP contribution in [-0.2, 0) is 9.59 Å². The van der Waals surface area contributed by atoms with E-state index in [1.165, 1.54) is 11.8 Å². The number of amides is 3. The van der Waals surface area contributed by atoms with E-state index in [1.807, 2.05) is 25.1 Å². The van der Waals surface area contributed by atoms with Crippen LogP contribution in [0.3, 0.4) is 0 Å². The molecule has 0 heterocycles. The molecule has 0 aromatic heterocycles. The Balaban J connectivity index is 1.85. The summed E-state index contributed by atoms with van der Waals surface area (Å²) in [6, 6.07) is 22.9. The Morgan fingerprint density at radius 3 is 2.29 bits per heavy atom. The molecule has 3 rings (SSSR count). The number of thioether (sulfide) groups is 1. The van der Waals surface area contributed by atoms with Crippen molar-refractivity contribution in [3.8, 4) is 5.75 Å². The minimum absolute atomic E-state index is 0.0631. The molecule has 3 aromatic carbocycles. The Labute approximate surface area is 202 Å². The highest BCUT2D eigenvalue weighted by Crippen LogP contribution is 2.23. The monoisotopic (exact) mass is 475 g/mol. The van der Waals surface area contributed by atoms with Crippen LogP contribution in [0.2, 0.25) is 0 Å². The lowest BCUT2D eigenvalue weighted by Crippen LogP contribution is -2.30. The summed E-state index contributed by atoms with van der Waals surface area (Å²) in [5.74, 6) is -0.537. The van der Waals surface area contributed by atoms with Crippen LogP contribution in [0, 0.1) is 0 Å². The van der Waals surface area contributed by atoms with Crippen molar-refractivity contribution in [1.82, 2.24) is 5.32 Å². The normalized spacial score (nSPS) is 10.9. The lowest BCUT2D eigenvalue weighted by atomic mass is 10.1.